The molecule has 0 radical (unpaired) electrons. The fourth-order valence-corrected chi connectivity index (χ4v) is 6.78. The first-order valence-corrected chi connectivity index (χ1v) is 15.1. The van der Waals surface area contributed by atoms with Gasteiger partial charge in [0.2, 0.25) is 15.9 Å². The van der Waals surface area contributed by atoms with Gasteiger partial charge in [-0.2, -0.15) is 0 Å². The van der Waals surface area contributed by atoms with Crippen molar-refractivity contribution in [1.82, 2.24) is 9.62 Å². The number of sulfonamides is 1. The van der Waals surface area contributed by atoms with Crippen molar-refractivity contribution in [1.29, 1.82) is 0 Å². The van der Waals surface area contributed by atoms with Crippen LogP contribution in [0.3, 0.4) is 0 Å². The zero-order valence-corrected chi connectivity index (χ0v) is 24.6. The van der Waals surface area contributed by atoms with Crippen LogP contribution >= 0.6 is 23.2 Å². The number of aliphatic carboxylic acids is 1. The van der Waals surface area contributed by atoms with Crippen LogP contribution in [0.4, 0.5) is 0 Å². The van der Waals surface area contributed by atoms with Crippen molar-refractivity contribution < 1.29 is 23.1 Å². The van der Waals surface area contributed by atoms with Crippen LogP contribution in [-0.2, 0) is 19.6 Å². The SMILES string of the molecule is CC[C@@H](C(C)NS(=O)(=O)C(C)C)N1C(=O)[C@@](C)(CC(=O)O)CC(c2cccc(Cl)c2)C1c1ccc(Cl)cc1. The van der Waals surface area contributed by atoms with Crippen LogP contribution in [-0.4, -0.2) is 47.6 Å². The number of hydrogen-bond donors (Lipinski definition) is 2. The van der Waals surface area contributed by atoms with Crippen LogP contribution in [0.5, 0.6) is 0 Å². The average molecular weight is 584 g/mol. The first kappa shape index (κ1) is 30.4. The lowest BCUT2D eigenvalue weighted by molar-refractivity contribution is -0.161. The summed E-state index contributed by atoms with van der Waals surface area (Å²) in [6.45, 7) is 8.52. The number of carbonyl (C=O) groups is 2. The molecule has 1 heterocycles. The van der Waals surface area contributed by atoms with Crippen molar-refractivity contribution >= 4 is 45.1 Å². The molecule has 1 saturated heterocycles. The summed E-state index contributed by atoms with van der Waals surface area (Å²) in [6, 6.07) is 12.9. The second kappa shape index (κ2) is 11.9. The summed E-state index contributed by atoms with van der Waals surface area (Å²) < 4.78 is 28.3. The van der Waals surface area contributed by atoms with Crippen LogP contribution in [0.1, 0.15) is 77.0 Å². The van der Waals surface area contributed by atoms with Gasteiger partial charge in [0, 0.05) is 28.0 Å². The molecule has 0 saturated carbocycles. The van der Waals surface area contributed by atoms with Gasteiger partial charge in [0.05, 0.1) is 23.1 Å². The van der Waals surface area contributed by atoms with Gasteiger partial charge in [0.1, 0.15) is 0 Å². The molecule has 3 unspecified atom stereocenters. The molecule has 0 aromatic heterocycles. The van der Waals surface area contributed by atoms with Gasteiger partial charge in [-0.1, -0.05) is 61.3 Å². The standard InChI is InChI=1S/C28H36Cl2N2O5S/c1-6-24(18(4)31-38(36,37)17(2)3)32-26(19-10-12-21(29)13-11-19)23(20-8-7-9-22(30)14-20)15-28(5,27(32)35)16-25(33)34/h7-14,17-18,23-24,26,31H,6,15-16H2,1-5H3,(H,33,34)/t18?,23?,24-,26?,28+/m0/s1. The van der Waals surface area contributed by atoms with E-state index >= 15 is 0 Å². The number of nitrogens with one attached hydrogen (secondary N) is 1. The predicted molar refractivity (Wildman–Crippen MR) is 151 cm³/mol. The molecule has 5 atom stereocenters. The first-order valence-electron chi connectivity index (χ1n) is 12.8. The van der Waals surface area contributed by atoms with Gasteiger partial charge < -0.3 is 10.0 Å². The van der Waals surface area contributed by atoms with Crippen molar-refractivity contribution in [2.75, 3.05) is 0 Å². The molecule has 0 bridgehead atoms. The van der Waals surface area contributed by atoms with Crippen LogP contribution < -0.4 is 4.72 Å². The molecule has 3 rings (SSSR count). The first-order chi connectivity index (χ1) is 17.7. The second-order valence-corrected chi connectivity index (χ2v) is 13.8. The molecule has 2 aromatic rings. The highest BCUT2D eigenvalue weighted by molar-refractivity contribution is 7.90. The molecule has 1 aliphatic rings. The Morgan fingerprint density at radius 2 is 1.74 bits per heavy atom. The smallest absolute Gasteiger partial charge is 0.304 e. The second-order valence-electron chi connectivity index (χ2n) is 10.7. The molecule has 7 nitrogen and oxygen atoms in total. The lowest BCUT2D eigenvalue weighted by atomic mass is 9.66. The number of piperidine rings is 1. The van der Waals surface area contributed by atoms with E-state index in [2.05, 4.69) is 4.72 Å². The lowest BCUT2D eigenvalue weighted by Gasteiger charge is -2.53. The van der Waals surface area contributed by atoms with Crippen molar-refractivity contribution in [2.45, 2.75) is 83.2 Å². The third-order valence-corrected chi connectivity index (χ3v) is 9.88. The van der Waals surface area contributed by atoms with E-state index in [0.29, 0.717) is 16.5 Å². The third-order valence-electron chi connectivity index (χ3n) is 7.46. The Morgan fingerprint density at radius 1 is 1.11 bits per heavy atom. The number of carboxylic acids is 1. The van der Waals surface area contributed by atoms with Gasteiger partial charge in [-0.05, 0) is 69.0 Å². The van der Waals surface area contributed by atoms with E-state index in [1.807, 2.05) is 37.3 Å². The van der Waals surface area contributed by atoms with E-state index in [0.717, 1.165) is 11.1 Å². The molecule has 1 fully saturated rings. The van der Waals surface area contributed by atoms with Crippen LogP contribution in [0.2, 0.25) is 10.0 Å². The van der Waals surface area contributed by atoms with Crippen LogP contribution in [0.25, 0.3) is 0 Å². The van der Waals surface area contributed by atoms with Gasteiger partial charge in [-0.15, -0.1) is 0 Å². The zero-order chi connectivity index (χ0) is 28.4. The molecular formula is C28H36Cl2N2O5S. The molecule has 1 aliphatic heterocycles. The highest BCUT2D eigenvalue weighted by Gasteiger charge is 2.53. The number of likely N-dealkylation sites (tertiary alicyclic amines) is 1. The maximum Gasteiger partial charge on any atom is 0.304 e. The fourth-order valence-electron chi connectivity index (χ4n) is 5.51. The van der Waals surface area contributed by atoms with Gasteiger partial charge in [-0.3, -0.25) is 9.59 Å². The van der Waals surface area contributed by atoms with Gasteiger partial charge in [0.25, 0.3) is 0 Å². The molecule has 0 aliphatic carbocycles. The quantitative estimate of drug-likeness (QED) is 0.356. The van der Waals surface area contributed by atoms with Crippen molar-refractivity contribution in [3.63, 3.8) is 0 Å². The largest absolute Gasteiger partial charge is 0.481 e. The summed E-state index contributed by atoms with van der Waals surface area (Å²) in [5.74, 6) is -1.70. The number of rotatable bonds is 10. The summed E-state index contributed by atoms with van der Waals surface area (Å²) in [5.41, 5.74) is 0.477. The molecule has 208 valence electrons. The van der Waals surface area contributed by atoms with Gasteiger partial charge in [0.15, 0.2) is 0 Å². The van der Waals surface area contributed by atoms with E-state index in [4.69, 9.17) is 23.2 Å². The number of carbonyl (C=O) groups excluding carboxylic acids is 1. The molecule has 1 amide bonds. The maximum atomic E-state index is 14.3. The topological polar surface area (TPSA) is 104 Å². The molecule has 0 spiro atoms. The Kier molecular flexibility index (Phi) is 9.56. The normalized spacial score (nSPS) is 23.9. The summed E-state index contributed by atoms with van der Waals surface area (Å²) in [5, 5.41) is 10.2. The highest BCUT2D eigenvalue weighted by Crippen LogP contribution is 2.52. The van der Waals surface area contributed by atoms with Crippen molar-refractivity contribution in [3.05, 3.63) is 69.7 Å². The summed E-state index contributed by atoms with van der Waals surface area (Å²) in [7, 11) is -3.63. The number of amides is 1. The molecule has 10 heteroatoms. The van der Waals surface area contributed by atoms with E-state index in [1.165, 1.54) is 0 Å². The summed E-state index contributed by atoms with van der Waals surface area (Å²) in [4.78, 5) is 28.0. The lowest BCUT2D eigenvalue weighted by Crippen LogP contribution is -2.60. The minimum Gasteiger partial charge on any atom is -0.481 e. The molecule has 2 N–H and O–H groups in total. The maximum absolute atomic E-state index is 14.3. The average Bonchev–Trinajstić information content (AvgIpc) is 2.82. The summed E-state index contributed by atoms with van der Waals surface area (Å²) in [6.07, 6.45) is 0.378. The Balaban J connectivity index is 2.25. The Bertz CT molecular complexity index is 1270. The number of nitrogens with zero attached hydrogens (tertiary/aromatic N) is 1. The Labute approximate surface area is 235 Å². The van der Waals surface area contributed by atoms with Crippen LogP contribution in [0.15, 0.2) is 48.5 Å². The Hall–Kier alpha value is -2.13. The minimum atomic E-state index is -3.63. The van der Waals surface area contributed by atoms with Crippen molar-refractivity contribution in [3.8, 4) is 0 Å². The van der Waals surface area contributed by atoms with Crippen molar-refractivity contribution in [2.24, 2.45) is 5.41 Å². The van der Waals surface area contributed by atoms with Gasteiger partial charge in [-0.25, -0.2) is 13.1 Å². The van der Waals surface area contributed by atoms with E-state index < -0.39 is 44.8 Å². The summed E-state index contributed by atoms with van der Waals surface area (Å²) >= 11 is 12.6. The predicted octanol–water partition coefficient (Wildman–Crippen LogP) is 6.03. The van der Waals surface area contributed by atoms with E-state index in [-0.39, 0.29) is 24.7 Å². The number of benzene rings is 2. The third kappa shape index (κ3) is 6.53. The number of hydrogen-bond acceptors (Lipinski definition) is 4. The molecule has 2 aromatic carbocycles. The van der Waals surface area contributed by atoms with E-state index in [9.17, 15) is 23.1 Å². The Morgan fingerprint density at radius 3 is 2.26 bits per heavy atom. The fraction of sp³-hybridized carbons (Fsp3) is 0.500. The molecule has 38 heavy (non-hydrogen) atoms. The minimum absolute atomic E-state index is 0.283. The van der Waals surface area contributed by atoms with E-state index in [1.54, 1.807) is 50.8 Å². The number of halogens is 2. The zero-order valence-electron chi connectivity index (χ0n) is 22.3. The van der Waals surface area contributed by atoms with Gasteiger partial charge >= 0.3 is 5.97 Å². The van der Waals surface area contributed by atoms with Crippen LogP contribution in [0, 0.1) is 5.41 Å². The monoisotopic (exact) mass is 582 g/mol. The number of carboxylic acid groups (broad SMARTS) is 1. The molecular weight excluding hydrogens is 547 g/mol. The highest BCUT2D eigenvalue weighted by atomic mass is 35.5.